The molecule has 0 spiro atoms. The van der Waals surface area contributed by atoms with Gasteiger partial charge in [-0.25, -0.2) is 0 Å². The summed E-state index contributed by atoms with van der Waals surface area (Å²) in [6, 6.07) is 7.93. The Morgan fingerprint density at radius 2 is 1.95 bits per heavy atom. The first-order chi connectivity index (χ1) is 9.48. The van der Waals surface area contributed by atoms with Crippen molar-refractivity contribution in [2.45, 2.75) is 25.0 Å². The summed E-state index contributed by atoms with van der Waals surface area (Å²) in [6.07, 6.45) is 1.41. The minimum Gasteiger partial charge on any atom is -0.389 e. The van der Waals surface area contributed by atoms with Crippen LogP contribution in [0.1, 0.15) is 24.0 Å². The second-order valence-corrected chi connectivity index (χ2v) is 6.01. The van der Waals surface area contributed by atoms with Crippen LogP contribution in [0, 0.1) is 0 Å². The number of nitrogens with zero attached hydrogens (tertiary/aromatic N) is 1. The minimum absolute atomic E-state index is 0.418. The van der Waals surface area contributed by atoms with Crippen LogP contribution < -0.4 is 5.73 Å². The van der Waals surface area contributed by atoms with Gasteiger partial charge in [0, 0.05) is 44.7 Å². The lowest BCUT2D eigenvalue weighted by Gasteiger charge is -2.35. The van der Waals surface area contributed by atoms with Gasteiger partial charge in [-0.2, -0.15) is 0 Å². The van der Waals surface area contributed by atoms with Gasteiger partial charge < -0.3 is 15.6 Å². The van der Waals surface area contributed by atoms with E-state index in [1.807, 2.05) is 31.3 Å². The fraction of sp³-hybridized carbons (Fsp3) is 0.533. The van der Waals surface area contributed by atoms with Crippen LogP contribution in [-0.2, 0) is 11.3 Å². The van der Waals surface area contributed by atoms with Crippen LogP contribution in [0.5, 0.6) is 0 Å². The summed E-state index contributed by atoms with van der Waals surface area (Å²) in [4.78, 5) is 2.56. The van der Waals surface area contributed by atoms with E-state index in [0.717, 1.165) is 12.1 Å². The Kier molecular flexibility index (Phi) is 5.10. The van der Waals surface area contributed by atoms with Gasteiger partial charge in [-0.15, -0.1) is 0 Å². The summed E-state index contributed by atoms with van der Waals surface area (Å²) in [5.41, 5.74) is 7.03. The second-order valence-electron chi connectivity index (χ2n) is 5.57. The lowest BCUT2D eigenvalue weighted by atomic mass is 9.94. The van der Waals surface area contributed by atoms with Crippen molar-refractivity contribution in [3.05, 3.63) is 35.4 Å². The summed E-state index contributed by atoms with van der Waals surface area (Å²) in [7, 11) is 2.02. The number of thiocarbonyl (C=S) groups is 1. The van der Waals surface area contributed by atoms with Gasteiger partial charge in [-0.3, -0.25) is 4.90 Å². The lowest BCUT2D eigenvalue weighted by Crippen LogP contribution is -2.45. The first kappa shape index (κ1) is 15.4. The third-order valence-electron chi connectivity index (χ3n) is 3.68. The summed E-state index contributed by atoms with van der Waals surface area (Å²) < 4.78 is 5.30. The summed E-state index contributed by atoms with van der Waals surface area (Å²) in [6.45, 7) is 2.74. The predicted molar refractivity (Wildman–Crippen MR) is 83.7 cm³/mol. The van der Waals surface area contributed by atoms with Gasteiger partial charge in [-0.1, -0.05) is 36.5 Å². The maximum atomic E-state index is 10.5. The molecule has 1 aliphatic heterocycles. The number of nitrogens with two attached hydrogens (primary N) is 1. The maximum Gasteiger partial charge on any atom is 0.103 e. The minimum atomic E-state index is -0.619. The molecule has 110 valence electrons. The highest BCUT2D eigenvalue weighted by Crippen LogP contribution is 2.22. The number of rotatable bonds is 5. The highest BCUT2D eigenvalue weighted by Gasteiger charge is 2.30. The molecular weight excluding hydrogens is 272 g/mol. The standard InChI is InChI=1S/C15H22N2O2S/c1-17(11-15(18)6-8-19-9-7-15)10-12-2-4-13(5-3-12)14(16)20/h2-5,18H,6-11H2,1H3,(H2,16,20). The molecule has 4 nitrogen and oxygen atoms in total. The highest BCUT2D eigenvalue weighted by molar-refractivity contribution is 7.80. The van der Waals surface area contributed by atoms with Crippen molar-refractivity contribution in [2.24, 2.45) is 5.73 Å². The van der Waals surface area contributed by atoms with Crippen LogP contribution in [0.4, 0.5) is 0 Å². The number of hydrogen-bond donors (Lipinski definition) is 2. The molecule has 5 heteroatoms. The van der Waals surface area contributed by atoms with E-state index in [0.29, 0.717) is 37.6 Å². The zero-order chi connectivity index (χ0) is 14.6. The molecule has 0 saturated carbocycles. The second kappa shape index (κ2) is 6.63. The number of ether oxygens (including phenoxy) is 1. The van der Waals surface area contributed by atoms with Crippen LogP contribution in [0.3, 0.4) is 0 Å². The van der Waals surface area contributed by atoms with Crippen LogP contribution in [-0.4, -0.2) is 47.4 Å². The molecule has 1 aromatic carbocycles. The molecule has 1 saturated heterocycles. The topological polar surface area (TPSA) is 58.7 Å². The molecule has 1 heterocycles. The molecule has 1 aromatic rings. The lowest BCUT2D eigenvalue weighted by molar-refractivity contribution is -0.0777. The van der Waals surface area contributed by atoms with E-state index in [-0.39, 0.29) is 0 Å². The average molecular weight is 294 g/mol. The Hall–Kier alpha value is -1.01. The van der Waals surface area contributed by atoms with Crippen LogP contribution in [0.25, 0.3) is 0 Å². The Balaban J connectivity index is 1.90. The number of aliphatic hydroxyl groups is 1. The monoisotopic (exact) mass is 294 g/mol. The molecule has 0 unspecified atom stereocenters. The van der Waals surface area contributed by atoms with Crippen LogP contribution >= 0.6 is 12.2 Å². The molecule has 0 amide bonds. The molecular formula is C15H22N2O2S. The average Bonchev–Trinajstić information content (AvgIpc) is 2.39. The zero-order valence-electron chi connectivity index (χ0n) is 11.8. The van der Waals surface area contributed by atoms with E-state index in [1.54, 1.807) is 0 Å². The normalized spacial score (nSPS) is 18.1. The molecule has 3 N–H and O–H groups in total. The zero-order valence-corrected chi connectivity index (χ0v) is 12.7. The third-order valence-corrected chi connectivity index (χ3v) is 3.91. The summed E-state index contributed by atoms with van der Waals surface area (Å²) in [5.74, 6) is 0. The number of benzene rings is 1. The highest BCUT2D eigenvalue weighted by atomic mass is 32.1. The Morgan fingerprint density at radius 1 is 1.35 bits per heavy atom. The van der Waals surface area contributed by atoms with Gasteiger partial charge in [-0.05, 0) is 12.6 Å². The Labute approximate surface area is 125 Å². The Bertz CT molecular complexity index is 455. The smallest absolute Gasteiger partial charge is 0.103 e. The van der Waals surface area contributed by atoms with Crippen molar-refractivity contribution in [3.8, 4) is 0 Å². The van der Waals surface area contributed by atoms with E-state index in [9.17, 15) is 5.11 Å². The first-order valence-electron chi connectivity index (χ1n) is 6.86. The van der Waals surface area contributed by atoms with Crippen LogP contribution in [0.2, 0.25) is 0 Å². The van der Waals surface area contributed by atoms with Crippen molar-refractivity contribution < 1.29 is 9.84 Å². The maximum absolute atomic E-state index is 10.5. The molecule has 2 rings (SSSR count). The largest absolute Gasteiger partial charge is 0.389 e. The first-order valence-corrected chi connectivity index (χ1v) is 7.27. The van der Waals surface area contributed by atoms with E-state index in [2.05, 4.69) is 4.90 Å². The fourth-order valence-corrected chi connectivity index (χ4v) is 2.69. The molecule has 20 heavy (non-hydrogen) atoms. The van der Waals surface area contributed by atoms with Crippen molar-refractivity contribution in [3.63, 3.8) is 0 Å². The van der Waals surface area contributed by atoms with Gasteiger partial charge in [0.1, 0.15) is 4.99 Å². The van der Waals surface area contributed by atoms with Gasteiger partial charge in [0.2, 0.25) is 0 Å². The van der Waals surface area contributed by atoms with E-state index >= 15 is 0 Å². The molecule has 1 aliphatic rings. The van der Waals surface area contributed by atoms with Crippen LogP contribution in [0.15, 0.2) is 24.3 Å². The van der Waals surface area contributed by atoms with Gasteiger partial charge in [0.15, 0.2) is 0 Å². The Morgan fingerprint density at radius 3 is 2.50 bits per heavy atom. The van der Waals surface area contributed by atoms with Crippen molar-refractivity contribution in [1.82, 2.24) is 4.90 Å². The number of hydrogen-bond acceptors (Lipinski definition) is 4. The molecule has 1 fully saturated rings. The quantitative estimate of drug-likeness (QED) is 0.802. The number of likely N-dealkylation sites (N-methyl/N-ethyl adjacent to an activating group) is 1. The van der Waals surface area contributed by atoms with Gasteiger partial charge in [0.05, 0.1) is 5.60 Å². The van der Waals surface area contributed by atoms with Crippen molar-refractivity contribution in [1.29, 1.82) is 0 Å². The van der Waals surface area contributed by atoms with Crippen molar-refractivity contribution >= 4 is 17.2 Å². The van der Waals surface area contributed by atoms with Gasteiger partial charge >= 0.3 is 0 Å². The molecule has 0 aliphatic carbocycles. The summed E-state index contributed by atoms with van der Waals surface area (Å²) in [5, 5.41) is 10.5. The van der Waals surface area contributed by atoms with E-state index < -0.39 is 5.60 Å². The predicted octanol–water partition coefficient (Wildman–Crippen LogP) is 1.29. The molecule has 0 atom stereocenters. The molecule has 0 bridgehead atoms. The van der Waals surface area contributed by atoms with Crippen molar-refractivity contribution in [2.75, 3.05) is 26.8 Å². The molecule has 0 aromatic heterocycles. The third kappa shape index (κ3) is 4.24. The molecule has 0 radical (unpaired) electrons. The fourth-order valence-electron chi connectivity index (χ4n) is 2.55. The van der Waals surface area contributed by atoms with E-state index in [1.165, 1.54) is 5.56 Å². The SMILES string of the molecule is CN(Cc1ccc(C(N)=S)cc1)CC1(O)CCOCC1. The summed E-state index contributed by atoms with van der Waals surface area (Å²) >= 11 is 4.94. The van der Waals surface area contributed by atoms with Gasteiger partial charge in [0.25, 0.3) is 0 Å². The van der Waals surface area contributed by atoms with E-state index in [4.69, 9.17) is 22.7 Å².